The van der Waals surface area contributed by atoms with Gasteiger partial charge in [0, 0.05) is 0 Å². The number of aromatic nitrogens is 2. The van der Waals surface area contributed by atoms with Crippen LogP contribution in [0.2, 0.25) is 0 Å². The third-order valence-corrected chi connectivity index (χ3v) is 3.32. The molecule has 5 heteroatoms. The van der Waals surface area contributed by atoms with Crippen molar-refractivity contribution in [3.63, 3.8) is 0 Å². The SMILES string of the molecule is C=C(c1ccc(C(=O)OCC)cc1C)c1cc(C)n[nH]c1=O. The van der Waals surface area contributed by atoms with Crippen molar-refractivity contribution in [3.8, 4) is 0 Å². The molecule has 0 unspecified atom stereocenters. The molecule has 0 radical (unpaired) electrons. The maximum atomic E-state index is 11.9. The average molecular weight is 298 g/mol. The lowest BCUT2D eigenvalue weighted by atomic mass is 9.95. The van der Waals surface area contributed by atoms with E-state index in [1.807, 2.05) is 6.92 Å². The fourth-order valence-electron chi connectivity index (χ4n) is 2.22. The molecule has 0 saturated heterocycles. The molecule has 22 heavy (non-hydrogen) atoms. The summed E-state index contributed by atoms with van der Waals surface area (Å²) in [7, 11) is 0. The Labute approximate surface area is 128 Å². The molecule has 114 valence electrons. The zero-order chi connectivity index (χ0) is 16.3. The van der Waals surface area contributed by atoms with E-state index < -0.39 is 0 Å². The van der Waals surface area contributed by atoms with E-state index in [1.165, 1.54) is 0 Å². The second-order valence-electron chi connectivity index (χ2n) is 4.98. The quantitative estimate of drug-likeness (QED) is 0.881. The maximum absolute atomic E-state index is 11.9. The molecule has 2 rings (SSSR count). The summed E-state index contributed by atoms with van der Waals surface area (Å²) in [6.07, 6.45) is 0. The van der Waals surface area contributed by atoms with Crippen LogP contribution in [0.4, 0.5) is 0 Å². The number of ether oxygens (including phenoxy) is 1. The monoisotopic (exact) mass is 298 g/mol. The van der Waals surface area contributed by atoms with Crippen LogP contribution >= 0.6 is 0 Å². The second kappa shape index (κ2) is 6.39. The van der Waals surface area contributed by atoms with Crippen LogP contribution < -0.4 is 5.56 Å². The first-order valence-corrected chi connectivity index (χ1v) is 6.97. The number of rotatable bonds is 4. The van der Waals surface area contributed by atoms with Gasteiger partial charge >= 0.3 is 5.97 Å². The van der Waals surface area contributed by atoms with E-state index in [0.29, 0.717) is 29.0 Å². The molecule has 0 atom stereocenters. The summed E-state index contributed by atoms with van der Waals surface area (Å²) in [5, 5.41) is 6.30. The van der Waals surface area contributed by atoms with E-state index in [-0.39, 0.29) is 11.5 Å². The summed E-state index contributed by atoms with van der Waals surface area (Å²) in [4.78, 5) is 23.6. The molecule has 0 saturated carbocycles. The van der Waals surface area contributed by atoms with E-state index >= 15 is 0 Å². The molecule has 1 heterocycles. The number of aryl methyl sites for hydroxylation is 2. The van der Waals surface area contributed by atoms with Crippen molar-refractivity contribution in [2.45, 2.75) is 20.8 Å². The fourth-order valence-corrected chi connectivity index (χ4v) is 2.22. The van der Waals surface area contributed by atoms with Crippen molar-refractivity contribution >= 4 is 11.5 Å². The number of hydrogen-bond donors (Lipinski definition) is 1. The summed E-state index contributed by atoms with van der Waals surface area (Å²) < 4.78 is 4.98. The van der Waals surface area contributed by atoms with Crippen molar-refractivity contribution in [2.24, 2.45) is 0 Å². The highest BCUT2D eigenvalue weighted by Crippen LogP contribution is 2.23. The standard InChI is InChI=1S/C17H18N2O3/c1-5-22-17(21)13-6-7-14(10(2)8-13)12(4)15-9-11(3)18-19-16(15)20/h6-9H,4-5H2,1-3H3,(H,19,20). The van der Waals surface area contributed by atoms with E-state index in [9.17, 15) is 9.59 Å². The Morgan fingerprint density at radius 2 is 2.00 bits per heavy atom. The Morgan fingerprint density at radius 1 is 1.27 bits per heavy atom. The summed E-state index contributed by atoms with van der Waals surface area (Å²) in [6, 6.07) is 6.88. The normalized spacial score (nSPS) is 10.3. The Morgan fingerprint density at radius 3 is 2.64 bits per heavy atom. The summed E-state index contributed by atoms with van der Waals surface area (Å²) >= 11 is 0. The van der Waals surface area contributed by atoms with Gasteiger partial charge < -0.3 is 4.74 Å². The van der Waals surface area contributed by atoms with E-state index in [2.05, 4.69) is 16.8 Å². The van der Waals surface area contributed by atoms with Crippen LogP contribution in [0.25, 0.3) is 5.57 Å². The molecule has 1 aromatic carbocycles. The molecule has 0 bridgehead atoms. The Kier molecular flexibility index (Phi) is 4.56. The Bertz CT molecular complexity index is 791. The third kappa shape index (κ3) is 3.14. The number of aromatic amines is 1. The van der Waals surface area contributed by atoms with Gasteiger partial charge in [0.1, 0.15) is 0 Å². The van der Waals surface area contributed by atoms with Crippen LogP contribution in [0.3, 0.4) is 0 Å². The van der Waals surface area contributed by atoms with Gasteiger partial charge in [-0.1, -0.05) is 12.6 Å². The lowest BCUT2D eigenvalue weighted by Gasteiger charge is -2.11. The van der Waals surface area contributed by atoms with E-state index in [4.69, 9.17) is 4.74 Å². The number of benzene rings is 1. The first-order chi connectivity index (χ1) is 10.4. The highest BCUT2D eigenvalue weighted by molar-refractivity contribution is 5.91. The van der Waals surface area contributed by atoms with Gasteiger partial charge in [0.05, 0.1) is 23.4 Å². The number of H-pyrrole nitrogens is 1. The van der Waals surface area contributed by atoms with Crippen molar-refractivity contribution < 1.29 is 9.53 Å². The molecule has 5 nitrogen and oxygen atoms in total. The van der Waals surface area contributed by atoms with Crippen molar-refractivity contribution in [1.82, 2.24) is 10.2 Å². The molecular weight excluding hydrogens is 280 g/mol. The van der Waals surface area contributed by atoms with Crippen LogP contribution in [0.1, 0.15) is 39.7 Å². The maximum Gasteiger partial charge on any atom is 0.338 e. The molecule has 2 aromatic rings. The Balaban J connectivity index is 2.41. The van der Waals surface area contributed by atoms with Crippen LogP contribution in [0.5, 0.6) is 0 Å². The van der Waals surface area contributed by atoms with Gasteiger partial charge in [-0.05, 0) is 55.7 Å². The zero-order valence-corrected chi connectivity index (χ0v) is 12.9. The van der Waals surface area contributed by atoms with E-state index in [0.717, 1.165) is 11.1 Å². The minimum Gasteiger partial charge on any atom is -0.462 e. The number of carbonyl (C=O) groups is 1. The van der Waals surface area contributed by atoms with Gasteiger partial charge in [-0.25, -0.2) is 9.89 Å². The fraction of sp³-hybridized carbons (Fsp3) is 0.235. The minimum absolute atomic E-state index is 0.288. The molecule has 0 fully saturated rings. The van der Waals surface area contributed by atoms with E-state index in [1.54, 1.807) is 38.1 Å². The molecule has 0 spiro atoms. The number of esters is 1. The largest absolute Gasteiger partial charge is 0.462 e. The summed E-state index contributed by atoms with van der Waals surface area (Å²) in [5.41, 5.74) is 3.63. The molecule has 1 N–H and O–H groups in total. The highest BCUT2D eigenvalue weighted by Gasteiger charge is 2.13. The number of hydrogen-bond acceptors (Lipinski definition) is 4. The second-order valence-corrected chi connectivity index (χ2v) is 4.98. The van der Waals surface area contributed by atoms with Crippen LogP contribution in [0, 0.1) is 13.8 Å². The molecule has 1 aromatic heterocycles. The summed E-state index contributed by atoms with van der Waals surface area (Å²) in [5.74, 6) is -0.361. The van der Waals surface area contributed by atoms with Gasteiger partial charge in [-0.3, -0.25) is 4.79 Å². The highest BCUT2D eigenvalue weighted by atomic mass is 16.5. The first kappa shape index (κ1) is 15.7. The van der Waals surface area contributed by atoms with Crippen LogP contribution in [-0.4, -0.2) is 22.8 Å². The molecule has 0 aliphatic heterocycles. The third-order valence-electron chi connectivity index (χ3n) is 3.32. The number of carbonyl (C=O) groups excluding carboxylic acids is 1. The number of nitrogens with one attached hydrogen (secondary N) is 1. The van der Waals surface area contributed by atoms with Crippen molar-refractivity contribution in [3.05, 3.63) is 69.1 Å². The molecule has 0 amide bonds. The van der Waals surface area contributed by atoms with Gasteiger partial charge in [0.25, 0.3) is 5.56 Å². The summed E-state index contributed by atoms with van der Waals surface area (Å²) in [6.45, 7) is 9.76. The first-order valence-electron chi connectivity index (χ1n) is 6.97. The van der Waals surface area contributed by atoms with Crippen molar-refractivity contribution in [2.75, 3.05) is 6.61 Å². The Hall–Kier alpha value is -2.69. The van der Waals surface area contributed by atoms with Gasteiger partial charge in [-0.2, -0.15) is 5.10 Å². The predicted octanol–water partition coefficient (Wildman–Crippen LogP) is 2.62. The van der Waals surface area contributed by atoms with Crippen LogP contribution in [-0.2, 0) is 4.74 Å². The molecule has 0 aliphatic carbocycles. The molecular formula is C17H18N2O3. The van der Waals surface area contributed by atoms with Crippen molar-refractivity contribution in [1.29, 1.82) is 0 Å². The minimum atomic E-state index is -0.361. The van der Waals surface area contributed by atoms with Gasteiger partial charge in [0.15, 0.2) is 0 Å². The lowest BCUT2D eigenvalue weighted by Crippen LogP contribution is -2.14. The topological polar surface area (TPSA) is 72.0 Å². The lowest BCUT2D eigenvalue weighted by molar-refractivity contribution is 0.0526. The van der Waals surface area contributed by atoms with Crippen LogP contribution in [0.15, 0.2) is 35.6 Å². The van der Waals surface area contributed by atoms with Gasteiger partial charge in [0.2, 0.25) is 0 Å². The predicted molar refractivity (Wildman–Crippen MR) is 84.9 cm³/mol. The molecule has 0 aliphatic rings. The zero-order valence-electron chi connectivity index (χ0n) is 12.9. The number of nitrogens with zero attached hydrogens (tertiary/aromatic N) is 1. The smallest absolute Gasteiger partial charge is 0.338 e. The van der Waals surface area contributed by atoms with Gasteiger partial charge in [-0.15, -0.1) is 0 Å². The average Bonchev–Trinajstić information content (AvgIpc) is 2.49.